The van der Waals surface area contributed by atoms with Crippen LogP contribution in [0.15, 0.2) is 35.3 Å². The Kier molecular flexibility index (Phi) is 9.70. The van der Waals surface area contributed by atoms with Crippen molar-refractivity contribution < 1.29 is 4.74 Å². The van der Waals surface area contributed by atoms with E-state index < -0.39 is 0 Å². The SMILES string of the molecule is CN=C(NCCOc1ccccc1)NC1CCC(SC)C1.I. The summed E-state index contributed by atoms with van der Waals surface area (Å²) >= 11 is 1.97. The van der Waals surface area contributed by atoms with Crippen LogP contribution in [0.3, 0.4) is 0 Å². The van der Waals surface area contributed by atoms with E-state index in [1.807, 2.05) is 49.1 Å². The molecule has 0 radical (unpaired) electrons. The molecule has 1 aromatic carbocycles. The van der Waals surface area contributed by atoms with E-state index in [1.54, 1.807) is 0 Å². The Morgan fingerprint density at radius 1 is 1.32 bits per heavy atom. The molecule has 124 valence electrons. The minimum absolute atomic E-state index is 0. The minimum Gasteiger partial charge on any atom is -0.492 e. The number of rotatable bonds is 6. The molecule has 1 aromatic rings. The van der Waals surface area contributed by atoms with Gasteiger partial charge in [-0.3, -0.25) is 4.99 Å². The van der Waals surface area contributed by atoms with Crippen LogP contribution in [0.5, 0.6) is 5.75 Å². The average molecular weight is 435 g/mol. The number of ether oxygens (including phenoxy) is 1. The number of aliphatic imine (C=N–C) groups is 1. The van der Waals surface area contributed by atoms with Crippen LogP contribution < -0.4 is 15.4 Å². The van der Waals surface area contributed by atoms with Crippen LogP contribution in [0.1, 0.15) is 19.3 Å². The molecule has 0 spiro atoms. The summed E-state index contributed by atoms with van der Waals surface area (Å²) in [7, 11) is 1.81. The molecule has 1 aliphatic rings. The van der Waals surface area contributed by atoms with E-state index in [2.05, 4.69) is 21.9 Å². The van der Waals surface area contributed by atoms with Gasteiger partial charge in [-0.1, -0.05) is 18.2 Å². The minimum atomic E-state index is 0. The molecule has 2 rings (SSSR count). The highest BCUT2D eigenvalue weighted by molar-refractivity contribution is 14.0. The normalized spacial score (nSPS) is 21.1. The number of guanidine groups is 1. The first kappa shape index (κ1) is 19.4. The summed E-state index contributed by atoms with van der Waals surface area (Å²) in [5.41, 5.74) is 0. The van der Waals surface area contributed by atoms with E-state index in [1.165, 1.54) is 19.3 Å². The molecule has 2 unspecified atom stereocenters. The number of para-hydroxylation sites is 1. The Bertz CT molecular complexity index is 444. The van der Waals surface area contributed by atoms with Gasteiger partial charge in [0.05, 0.1) is 6.54 Å². The molecule has 4 nitrogen and oxygen atoms in total. The molecule has 0 heterocycles. The molecule has 2 N–H and O–H groups in total. The molecule has 1 saturated carbocycles. The van der Waals surface area contributed by atoms with Gasteiger partial charge in [-0.25, -0.2) is 0 Å². The molecule has 1 fully saturated rings. The van der Waals surface area contributed by atoms with Gasteiger partial charge in [0.1, 0.15) is 12.4 Å². The highest BCUT2D eigenvalue weighted by Gasteiger charge is 2.24. The Labute approximate surface area is 154 Å². The lowest BCUT2D eigenvalue weighted by Gasteiger charge is -2.17. The first-order chi connectivity index (χ1) is 10.3. The third kappa shape index (κ3) is 6.64. The van der Waals surface area contributed by atoms with Gasteiger partial charge in [0.25, 0.3) is 0 Å². The van der Waals surface area contributed by atoms with Gasteiger partial charge in [-0.05, 0) is 37.7 Å². The third-order valence-electron chi connectivity index (χ3n) is 3.69. The number of halogens is 1. The van der Waals surface area contributed by atoms with Crippen molar-refractivity contribution in [1.29, 1.82) is 0 Å². The Morgan fingerprint density at radius 3 is 2.73 bits per heavy atom. The van der Waals surface area contributed by atoms with Crippen molar-refractivity contribution in [3.63, 3.8) is 0 Å². The van der Waals surface area contributed by atoms with Crippen molar-refractivity contribution in [2.75, 3.05) is 26.5 Å². The second kappa shape index (κ2) is 11.0. The van der Waals surface area contributed by atoms with Crippen molar-refractivity contribution in [3.05, 3.63) is 30.3 Å². The van der Waals surface area contributed by atoms with Crippen molar-refractivity contribution in [2.45, 2.75) is 30.6 Å². The fourth-order valence-electron chi connectivity index (χ4n) is 2.53. The zero-order valence-corrected chi connectivity index (χ0v) is 16.4. The quantitative estimate of drug-likeness (QED) is 0.312. The molecule has 0 amide bonds. The molecule has 6 heteroatoms. The summed E-state index contributed by atoms with van der Waals surface area (Å²) < 4.78 is 5.66. The van der Waals surface area contributed by atoms with Gasteiger partial charge >= 0.3 is 0 Å². The maximum Gasteiger partial charge on any atom is 0.191 e. The van der Waals surface area contributed by atoms with Crippen LogP contribution in [0.2, 0.25) is 0 Å². The lowest BCUT2D eigenvalue weighted by atomic mass is 10.2. The van der Waals surface area contributed by atoms with Gasteiger partial charge in [-0.15, -0.1) is 24.0 Å². The molecular weight excluding hydrogens is 409 g/mol. The summed E-state index contributed by atoms with van der Waals surface area (Å²) in [6.45, 7) is 1.37. The number of thioether (sulfide) groups is 1. The molecule has 2 atom stereocenters. The van der Waals surface area contributed by atoms with E-state index in [-0.39, 0.29) is 24.0 Å². The van der Waals surface area contributed by atoms with Gasteiger partial charge in [0, 0.05) is 18.3 Å². The number of benzene rings is 1. The van der Waals surface area contributed by atoms with Crippen molar-refractivity contribution in [1.82, 2.24) is 10.6 Å². The summed E-state index contributed by atoms with van der Waals surface area (Å²) in [5.74, 6) is 1.78. The molecule has 0 bridgehead atoms. The summed E-state index contributed by atoms with van der Waals surface area (Å²) in [6, 6.07) is 10.4. The number of nitrogens with one attached hydrogen (secondary N) is 2. The van der Waals surface area contributed by atoms with Crippen molar-refractivity contribution in [2.24, 2.45) is 4.99 Å². The lowest BCUT2D eigenvalue weighted by molar-refractivity contribution is 0.321. The van der Waals surface area contributed by atoms with E-state index >= 15 is 0 Å². The molecular formula is C16H26IN3OS. The second-order valence-electron chi connectivity index (χ2n) is 5.17. The van der Waals surface area contributed by atoms with Crippen LogP contribution in [0.4, 0.5) is 0 Å². The summed E-state index contributed by atoms with van der Waals surface area (Å²) in [4.78, 5) is 4.28. The Hall–Kier alpha value is -0.630. The highest BCUT2D eigenvalue weighted by atomic mass is 127. The maximum atomic E-state index is 5.66. The smallest absolute Gasteiger partial charge is 0.191 e. The third-order valence-corrected chi connectivity index (χ3v) is 4.78. The number of hydrogen-bond donors (Lipinski definition) is 2. The Morgan fingerprint density at radius 2 is 2.09 bits per heavy atom. The van der Waals surface area contributed by atoms with Crippen LogP contribution >= 0.6 is 35.7 Å². The van der Waals surface area contributed by atoms with Crippen LogP contribution in [0.25, 0.3) is 0 Å². The van der Waals surface area contributed by atoms with Gasteiger partial charge in [-0.2, -0.15) is 11.8 Å². The topological polar surface area (TPSA) is 45.7 Å². The molecule has 0 saturated heterocycles. The van der Waals surface area contributed by atoms with Gasteiger partial charge < -0.3 is 15.4 Å². The predicted molar refractivity (Wildman–Crippen MR) is 107 cm³/mol. The van der Waals surface area contributed by atoms with E-state index in [4.69, 9.17) is 4.74 Å². The van der Waals surface area contributed by atoms with Crippen LogP contribution in [-0.2, 0) is 0 Å². The van der Waals surface area contributed by atoms with Crippen molar-refractivity contribution in [3.8, 4) is 5.75 Å². The van der Waals surface area contributed by atoms with E-state index in [0.717, 1.165) is 23.5 Å². The first-order valence-electron chi connectivity index (χ1n) is 7.49. The zero-order valence-electron chi connectivity index (χ0n) is 13.2. The molecule has 22 heavy (non-hydrogen) atoms. The molecule has 0 aromatic heterocycles. The van der Waals surface area contributed by atoms with Gasteiger partial charge in [0.15, 0.2) is 5.96 Å². The van der Waals surface area contributed by atoms with E-state index in [0.29, 0.717) is 12.6 Å². The standard InChI is InChI=1S/C16H25N3OS.HI/c1-17-16(19-13-8-9-15(12-13)21-2)18-10-11-20-14-6-4-3-5-7-14;/h3-7,13,15H,8-12H2,1-2H3,(H2,17,18,19);1H. The van der Waals surface area contributed by atoms with Gasteiger partial charge in [0.2, 0.25) is 0 Å². The lowest BCUT2D eigenvalue weighted by Crippen LogP contribution is -2.43. The highest BCUT2D eigenvalue weighted by Crippen LogP contribution is 2.27. The zero-order chi connectivity index (χ0) is 14.9. The van der Waals surface area contributed by atoms with Crippen LogP contribution in [-0.4, -0.2) is 43.7 Å². The number of nitrogens with zero attached hydrogens (tertiary/aromatic N) is 1. The molecule has 0 aliphatic heterocycles. The van der Waals surface area contributed by atoms with Crippen LogP contribution in [0, 0.1) is 0 Å². The fourth-order valence-corrected chi connectivity index (χ4v) is 3.32. The predicted octanol–water partition coefficient (Wildman–Crippen LogP) is 3.13. The first-order valence-corrected chi connectivity index (χ1v) is 8.78. The molecule has 1 aliphatic carbocycles. The number of hydrogen-bond acceptors (Lipinski definition) is 3. The van der Waals surface area contributed by atoms with E-state index in [9.17, 15) is 0 Å². The Balaban J connectivity index is 0.00000242. The fraction of sp³-hybridized carbons (Fsp3) is 0.562. The second-order valence-corrected chi connectivity index (χ2v) is 6.31. The largest absolute Gasteiger partial charge is 0.492 e. The maximum absolute atomic E-state index is 5.66. The average Bonchev–Trinajstić information content (AvgIpc) is 2.99. The summed E-state index contributed by atoms with van der Waals surface area (Å²) in [5, 5.41) is 7.60. The van der Waals surface area contributed by atoms with Crippen molar-refractivity contribution >= 4 is 41.7 Å². The monoisotopic (exact) mass is 435 g/mol. The summed E-state index contributed by atoms with van der Waals surface area (Å²) in [6.07, 6.45) is 5.95.